The van der Waals surface area contributed by atoms with Gasteiger partial charge in [0, 0.05) is 18.0 Å². The van der Waals surface area contributed by atoms with E-state index < -0.39 is 0 Å². The Morgan fingerprint density at radius 3 is 2.76 bits per heavy atom. The van der Waals surface area contributed by atoms with Gasteiger partial charge < -0.3 is 10.2 Å². The zero-order chi connectivity index (χ0) is 15.5. The van der Waals surface area contributed by atoms with Crippen LogP contribution in [-0.4, -0.2) is 24.0 Å². The van der Waals surface area contributed by atoms with Gasteiger partial charge in [-0.15, -0.1) is 11.3 Å². The maximum absolute atomic E-state index is 12.6. The number of rotatable bonds is 2. The van der Waals surface area contributed by atoms with Crippen molar-refractivity contribution in [2.45, 2.75) is 53.0 Å². The van der Waals surface area contributed by atoms with E-state index >= 15 is 0 Å². The fourth-order valence-corrected chi connectivity index (χ4v) is 3.87. The van der Waals surface area contributed by atoms with E-state index in [0.29, 0.717) is 0 Å². The van der Waals surface area contributed by atoms with Crippen LogP contribution in [0.1, 0.15) is 57.9 Å². The van der Waals surface area contributed by atoms with Gasteiger partial charge in [0.05, 0.1) is 6.04 Å². The van der Waals surface area contributed by atoms with Gasteiger partial charge in [-0.3, -0.25) is 0 Å². The van der Waals surface area contributed by atoms with Gasteiger partial charge in [-0.25, -0.2) is 4.79 Å². The van der Waals surface area contributed by atoms with Crippen molar-refractivity contribution in [1.29, 1.82) is 0 Å². The highest BCUT2D eigenvalue weighted by molar-refractivity contribution is 7.10. The summed E-state index contributed by atoms with van der Waals surface area (Å²) in [5.74, 6) is 0.735. The summed E-state index contributed by atoms with van der Waals surface area (Å²) in [5, 5.41) is 5.35. The lowest BCUT2D eigenvalue weighted by molar-refractivity contribution is 0.181. The summed E-state index contributed by atoms with van der Waals surface area (Å²) >= 11 is 1.72. The maximum atomic E-state index is 12.6. The Morgan fingerprint density at radius 1 is 1.38 bits per heavy atom. The molecule has 2 rings (SSSR count). The molecule has 0 aromatic carbocycles. The number of carbonyl (C=O) groups excluding carboxylic acids is 1. The van der Waals surface area contributed by atoms with Crippen molar-refractivity contribution >= 4 is 17.4 Å². The molecule has 1 aromatic heterocycles. The Labute approximate surface area is 132 Å². The van der Waals surface area contributed by atoms with Crippen LogP contribution < -0.4 is 5.32 Å². The van der Waals surface area contributed by atoms with Gasteiger partial charge in [-0.1, -0.05) is 33.8 Å². The largest absolute Gasteiger partial charge is 0.330 e. The predicted octanol–water partition coefficient (Wildman–Crippen LogP) is 4.67. The van der Waals surface area contributed by atoms with Crippen LogP contribution in [0, 0.1) is 11.3 Å². The number of thiophene rings is 1. The van der Waals surface area contributed by atoms with Gasteiger partial charge >= 0.3 is 6.03 Å². The molecule has 0 spiro atoms. The summed E-state index contributed by atoms with van der Waals surface area (Å²) in [4.78, 5) is 15.9. The molecule has 21 heavy (non-hydrogen) atoms. The number of hydrogen-bond acceptors (Lipinski definition) is 2. The number of hydrogen-bond donors (Lipinski definition) is 1. The number of carbonyl (C=O) groups is 1. The minimum Gasteiger partial charge on any atom is -0.330 e. The van der Waals surface area contributed by atoms with Crippen LogP contribution in [0.3, 0.4) is 0 Å². The first kappa shape index (κ1) is 16.3. The molecule has 0 saturated carbocycles. The highest BCUT2D eigenvalue weighted by atomic mass is 32.1. The fourth-order valence-electron chi connectivity index (χ4n) is 2.85. The van der Waals surface area contributed by atoms with E-state index in [0.717, 1.165) is 31.8 Å². The number of urea groups is 1. The van der Waals surface area contributed by atoms with E-state index in [-0.39, 0.29) is 17.5 Å². The Balaban J connectivity index is 2.04. The molecule has 1 fully saturated rings. The average molecular weight is 308 g/mol. The first-order valence-corrected chi connectivity index (χ1v) is 8.84. The molecule has 0 bridgehead atoms. The molecule has 2 atom stereocenters. The third kappa shape index (κ3) is 4.47. The second-order valence-electron chi connectivity index (χ2n) is 7.29. The Morgan fingerprint density at radius 2 is 2.14 bits per heavy atom. The number of likely N-dealkylation sites (tertiary alicyclic amines) is 1. The van der Waals surface area contributed by atoms with Gasteiger partial charge in [0.15, 0.2) is 0 Å². The first-order chi connectivity index (χ1) is 9.88. The summed E-state index contributed by atoms with van der Waals surface area (Å²) in [6.45, 7) is 10.6. The van der Waals surface area contributed by atoms with Crippen LogP contribution in [0.25, 0.3) is 0 Å². The van der Waals surface area contributed by atoms with Crippen LogP contribution in [0.2, 0.25) is 0 Å². The maximum Gasteiger partial charge on any atom is 0.317 e. The van der Waals surface area contributed by atoms with E-state index in [2.05, 4.69) is 50.5 Å². The second-order valence-corrected chi connectivity index (χ2v) is 8.27. The standard InChI is InChI=1S/C17H28N2OS/c1-13-7-5-10-19(11-9-13)16(20)18-15(17(2,3)4)14-8-6-12-21-14/h6,8,12-13,15H,5,7,9-11H2,1-4H3,(H,18,20)/t13-,15+/m1/s1. The van der Waals surface area contributed by atoms with E-state index in [1.54, 1.807) is 11.3 Å². The fraction of sp³-hybridized carbons (Fsp3) is 0.706. The van der Waals surface area contributed by atoms with Gasteiger partial charge in [0.2, 0.25) is 0 Å². The van der Waals surface area contributed by atoms with Crippen molar-refractivity contribution in [3.8, 4) is 0 Å². The molecule has 0 aliphatic carbocycles. The Bertz CT molecular complexity index is 450. The Hall–Kier alpha value is -1.03. The third-order valence-corrected chi connectivity index (χ3v) is 5.20. The molecular weight excluding hydrogens is 280 g/mol. The van der Waals surface area contributed by atoms with Gasteiger partial charge in [-0.05, 0) is 42.0 Å². The van der Waals surface area contributed by atoms with Gasteiger partial charge in [0.1, 0.15) is 0 Å². The molecule has 2 heterocycles. The molecule has 2 amide bonds. The molecule has 1 N–H and O–H groups in total. The SMILES string of the molecule is C[C@@H]1CCCN(C(=O)N[C@@H](c2cccs2)C(C)(C)C)CC1. The van der Waals surface area contributed by atoms with Crippen molar-refractivity contribution in [3.63, 3.8) is 0 Å². The molecule has 1 aliphatic rings. The lowest BCUT2D eigenvalue weighted by atomic mass is 9.86. The zero-order valence-corrected chi connectivity index (χ0v) is 14.5. The molecule has 4 heteroatoms. The van der Waals surface area contributed by atoms with Crippen molar-refractivity contribution < 1.29 is 4.79 Å². The topological polar surface area (TPSA) is 32.3 Å². The molecule has 0 radical (unpaired) electrons. The molecule has 1 aromatic rings. The predicted molar refractivity (Wildman–Crippen MR) is 89.6 cm³/mol. The van der Waals surface area contributed by atoms with Crippen molar-refractivity contribution in [2.24, 2.45) is 11.3 Å². The van der Waals surface area contributed by atoms with E-state index in [1.807, 2.05) is 4.90 Å². The van der Waals surface area contributed by atoms with Crippen LogP contribution >= 0.6 is 11.3 Å². The number of amides is 2. The summed E-state index contributed by atoms with van der Waals surface area (Å²) in [6, 6.07) is 4.34. The summed E-state index contributed by atoms with van der Waals surface area (Å²) < 4.78 is 0. The van der Waals surface area contributed by atoms with Crippen molar-refractivity contribution in [2.75, 3.05) is 13.1 Å². The van der Waals surface area contributed by atoms with Crippen LogP contribution in [-0.2, 0) is 0 Å². The summed E-state index contributed by atoms with van der Waals surface area (Å²) in [6.07, 6.45) is 3.47. The highest BCUT2D eigenvalue weighted by Crippen LogP contribution is 2.35. The molecule has 1 saturated heterocycles. The lowest BCUT2D eigenvalue weighted by Crippen LogP contribution is -2.45. The van der Waals surface area contributed by atoms with Gasteiger partial charge in [-0.2, -0.15) is 0 Å². The number of nitrogens with one attached hydrogen (secondary N) is 1. The molecule has 118 valence electrons. The van der Waals surface area contributed by atoms with E-state index in [4.69, 9.17) is 0 Å². The van der Waals surface area contributed by atoms with Crippen molar-refractivity contribution in [1.82, 2.24) is 10.2 Å². The van der Waals surface area contributed by atoms with Gasteiger partial charge in [0.25, 0.3) is 0 Å². The molecular formula is C17H28N2OS. The number of nitrogens with zero attached hydrogens (tertiary/aromatic N) is 1. The molecule has 3 nitrogen and oxygen atoms in total. The smallest absolute Gasteiger partial charge is 0.317 e. The van der Waals surface area contributed by atoms with Crippen LogP contribution in [0.5, 0.6) is 0 Å². The highest BCUT2D eigenvalue weighted by Gasteiger charge is 2.30. The summed E-state index contributed by atoms with van der Waals surface area (Å²) in [5.41, 5.74) is 0.0135. The molecule has 0 unspecified atom stereocenters. The Kier molecular flexibility index (Phi) is 5.31. The lowest BCUT2D eigenvalue weighted by Gasteiger charge is -2.33. The third-order valence-electron chi connectivity index (χ3n) is 4.27. The quantitative estimate of drug-likeness (QED) is 0.846. The summed E-state index contributed by atoms with van der Waals surface area (Å²) in [7, 11) is 0. The normalized spacial score (nSPS) is 21.7. The first-order valence-electron chi connectivity index (χ1n) is 7.97. The minimum atomic E-state index is 0.0135. The minimum absolute atomic E-state index is 0.0135. The van der Waals surface area contributed by atoms with E-state index in [9.17, 15) is 4.79 Å². The van der Waals surface area contributed by atoms with E-state index in [1.165, 1.54) is 11.3 Å². The van der Waals surface area contributed by atoms with Crippen molar-refractivity contribution in [3.05, 3.63) is 22.4 Å². The second kappa shape index (κ2) is 6.82. The zero-order valence-electron chi connectivity index (χ0n) is 13.7. The average Bonchev–Trinajstić information content (AvgIpc) is 2.83. The van der Waals surface area contributed by atoms with Crippen LogP contribution in [0.4, 0.5) is 4.79 Å². The van der Waals surface area contributed by atoms with Crippen LogP contribution in [0.15, 0.2) is 17.5 Å². The monoisotopic (exact) mass is 308 g/mol. The molecule has 1 aliphatic heterocycles.